The highest BCUT2D eigenvalue weighted by molar-refractivity contribution is 7.13. The van der Waals surface area contributed by atoms with Gasteiger partial charge in [0.1, 0.15) is 16.5 Å². The number of aryl methyl sites for hydroxylation is 1. The van der Waals surface area contributed by atoms with E-state index in [9.17, 15) is 4.79 Å². The Morgan fingerprint density at radius 2 is 1.67 bits per heavy atom. The summed E-state index contributed by atoms with van der Waals surface area (Å²) in [4.78, 5) is 18.4. The maximum atomic E-state index is 13.4. The summed E-state index contributed by atoms with van der Waals surface area (Å²) in [5, 5.41) is 6.26. The second-order valence-electron chi connectivity index (χ2n) is 10.3. The van der Waals surface area contributed by atoms with Gasteiger partial charge in [0.15, 0.2) is 0 Å². The van der Waals surface area contributed by atoms with E-state index in [2.05, 4.69) is 27.4 Å². The van der Waals surface area contributed by atoms with E-state index in [1.165, 1.54) is 37.7 Å². The van der Waals surface area contributed by atoms with Gasteiger partial charge in [0.2, 0.25) is 0 Å². The van der Waals surface area contributed by atoms with Gasteiger partial charge in [-0.15, -0.1) is 11.3 Å². The van der Waals surface area contributed by atoms with Crippen molar-refractivity contribution < 1.29 is 14.3 Å². The number of ether oxygens (including phenoxy) is 2. The molecule has 0 aliphatic heterocycles. The lowest BCUT2D eigenvalue weighted by Crippen LogP contribution is -2.30. The van der Waals surface area contributed by atoms with E-state index in [0.717, 1.165) is 64.2 Å². The Morgan fingerprint density at radius 1 is 1.00 bits per heavy atom. The van der Waals surface area contributed by atoms with Crippen molar-refractivity contribution in [3.8, 4) is 33.5 Å². The minimum absolute atomic E-state index is 0.00753. The van der Waals surface area contributed by atoms with Crippen LogP contribution in [0.15, 0.2) is 60.0 Å². The molecule has 0 unspecified atom stereocenters. The van der Waals surface area contributed by atoms with Gasteiger partial charge in [0, 0.05) is 29.7 Å². The fourth-order valence-electron chi connectivity index (χ4n) is 5.39. The number of aromatic nitrogens is 2. The van der Waals surface area contributed by atoms with Crippen LogP contribution in [0.5, 0.6) is 11.5 Å². The summed E-state index contributed by atoms with van der Waals surface area (Å²) in [6.45, 7) is 3.55. The van der Waals surface area contributed by atoms with E-state index < -0.39 is 0 Å². The number of carbonyl (C=O) groups is 1. The average Bonchev–Trinajstić information content (AvgIpc) is 3.60. The Bertz CT molecular complexity index is 1380. The molecular formula is C32H37N3O3S. The zero-order chi connectivity index (χ0) is 27.2. The lowest BCUT2D eigenvalue weighted by molar-refractivity contribution is 0.0943. The van der Waals surface area contributed by atoms with Crippen molar-refractivity contribution >= 4 is 17.2 Å². The Labute approximate surface area is 235 Å². The van der Waals surface area contributed by atoms with Crippen LogP contribution in [0.3, 0.4) is 0 Å². The molecule has 1 amide bonds. The maximum Gasteiger partial charge on any atom is 0.253 e. The monoisotopic (exact) mass is 543 g/mol. The van der Waals surface area contributed by atoms with E-state index in [1.807, 2.05) is 49.4 Å². The number of benzene rings is 2. The summed E-state index contributed by atoms with van der Waals surface area (Å²) in [5.41, 5.74) is 5.82. The second kappa shape index (κ2) is 12.5. The van der Waals surface area contributed by atoms with Crippen LogP contribution in [0, 0.1) is 12.8 Å². The molecule has 1 saturated carbocycles. The zero-order valence-electron chi connectivity index (χ0n) is 23.0. The van der Waals surface area contributed by atoms with Gasteiger partial charge >= 0.3 is 0 Å². The molecule has 0 saturated heterocycles. The molecule has 2 aromatic heterocycles. The topological polar surface area (TPSA) is 65.4 Å². The number of rotatable bonds is 10. The molecule has 2 aromatic carbocycles. The van der Waals surface area contributed by atoms with Gasteiger partial charge in [-0.1, -0.05) is 31.4 Å². The van der Waals surface area contributed by atoms with Crippen molar-refractivity contribution in [2.75, 3.05) is 20.8 Å². The number of carbonyl (C=O) groups excluding carboxylic acids is 1. The van der Waals surface area contributed by atoms with Crippen molar-refractivity contribution in [1.82, 2.24) is 14.9 Å². The summed E-state index contributed by atoms with van der Waals surface area (Å²) < 4.78 is 12.9. The van der Waals surface area contributed by atoms with Crippen LogP contribution in [0.25, 0.3) is 22.0 Å². The third-order valence-electron chi connectivity index (χ3n) is 7.77. The lowest BCUT2D eigenvalue weighted by Gasteiger charge is -2.21. The van der Waals surface area contributed by atoms with Crippen LogP contribution in [-0.4, -0.2) is 36.2 Å². The second-order valence-corrected chi connectivity index (χ2v) is 11.1. The van der Waals surface area contributed by atoms with Gasteiger partial charge in [-0.25, -0.2) is 4.98 Å². The quantitative estimate of drug-likeness (QED) is 0.231. The van der Waals surface area contributed by atoms with Crippen molar-refractivity contribution in [1.29, 1.82) is 0 Å². The third kappa shape index (κ3) is 6.36. The van der Waals surface area contributed by atoms with E-state index in [0.29, 0.717) is 5.92 Å². The van der Waals surface area contributed by atoms with E-state index in [1.54, 1.807) is 25.6 Å². The average molecular weight is 544 g/mol. The van der Waals surface area contributed by atoms with Crippen LogP contribution in [0.1, 0.15) is 53.7 Å². The third-order valence-corrected chi connectivity index (χ3v) is 8.67. The molecule has 1 fully saturated rings. The number of amides is 1. The van der Waals surface area contributed by atoms with Crippen LogP contribution in [0.2, 0.25) is 0 Å². The molecular weight excluding hydrogens is 506 g/mol. The van der Waals surface area contributed by atoms with E-state index in [-0.39, 0.29) is 5.91 Å². The summed E-state index contributed by atoms with van der Waals surface area (Å²) in [7, 11) is 3.35. The van der Waals surface area contributed by atoms with Crippen LogP contribution >= 0.6 is 11.3 Å². The molecule has 1 N–H and O–H groups in total. The molecule has 1 aliphatic rings. The molecule has 7 heteroatoms. The number of methoxy groups -OCH3 is 2. The summed E-state index contributed by atoms with van der Waals surface area (Å²) in [5.74, 6) is 2.27. The molecule has 0 spiro atoms. The highest BCUT2D eigenvalue weighted by Crippen LogP contribution is 2.33. The van der Waals surface area contributed by atoms with Crippen LogP contribution in [0.4, 0.5) is 0 Å². The van der Waals surface area contributed by atoms with Gasteiger partial charge in [-0.05, 0) is 80.1 Å². The summed E-state index contributed by atoms with van der Waals surface area (Å²) >= 11 is 1.61. The van der Waals surface area contributed by atoms with E-state index >= 15 is 0 Å². The maximum absolute atomic E-state index is 13.4. The Hall–Kier alpha value is -3.58. The fourth-order valence-corrected chi connectivity index (χ4v) is 6.21. The van der Waals surface area contributed by atoms with E-state index in [4.69, 9.17) is 14.5 Å². The molecule has 6 nitrogen and oxygen atoms in total. The molecule has 0 bridgehead atoms. The summed E-state index contributed by atoms with van der Waals surface area (Å²) in [6, 6.07) is 18.2. The standard InChI is InChI=1S/C32H37N3O3S/c1-22-28(31(36)33-20-24-7-5-4-6-8-24)19-30(35(22)18-17-23-9-13-26(37-2)14-10-23)29-21-39-32(34-29)25-11-15-27(38-3)16-12-25/h9-16,19,21,24H,4-8,17-18,20H2,1-3H3,(H,33,36). The number of nitrogens with zero attached hydrogens (tertiary/aromatic N) is 2. The predicted octanol–water partition coefficient (Wildman–Crippen LogP) is 7.16. The molecule has 2 heterocycles. The molecule has 5 rings (SSSR count). The zero-order valence-corrected chi connectivity index (χ0v) is 23.9. The minimum atomic E-state index is 0.00753. The number of thiazole rings is 1. The highest BCUT2D eigenvalue weighted by atomic mass is 32.1. The fraction of sp³-hybridized carbons (Fsp3) is 0.375. The molecule has 204 valence electrons. The Kier molecular flexibility index (Phi) is 8.67. The number of hydrogen-bond acceptors (Lipinski definition) is 5. The van der Waals surface area contributed by atoms with Gasteiger partial charge in [-0.2, -0.15) is 0 Å². The van der Waals surface area contributed by atoms with Crippen molar-refractivity contribution in [3.63, 3.8) is 0 Å². The van der Waals surface area contributed by atoms with Gasteiger partial charge < -0.3 is 19.4 Å². The predicted molar refractivity (Wildman–Crippen MR) is 158 cm³/mol. The molecule has 4 aromatic rings. The Balaban J connectivity index is 1.41. The number of hydrogen-bond donors (Lipinski definition) is 1. The SMILES string of the molecule is COc1ccc(CCn2c(-c3csc(-c4ccc(OC)cc4)n3)cc(C(=O)NCC3CCCCC3)c2C)cc1. The molecule has 0 radical (unpaired) electrons. The first-order valence-electron chi connectivity index (χ1n) is 13.8. The van der Waals surface area contributed by atoms with Gasteiger partial charge in [0.05, 0.1) is 31.2 Å². The van der Waals surface area contributed by atoms with Crippen LogP contribution < -0.4 is 14.8 Å². The first-order chi connectivity index (χ1) is 19.1. The van der Waals surface area contributed by atoms with Gasteiger partial charge in [0.25, 0.3) is 5.91 Å². The molecule has 1 aliphatic carbocycles. The normalized spacial score (nSPS) is 13.8. The summed E-state index contributed by atoms with van der Waals surface area (Å²) in [6.07, 6.45) is 7.11. The Morgan fingerprint density at radius 3 is 2.33 bits per heavy atom. The van der Waals surface area contributed by atoms with Crippen LogP contribution in [-0.2, 0) is 13.0 Å². The smallest absolute Gasteiger partial charge is 0.253 e. The lowest BCUT2D eigenvalue weighted by atomic mass is 9.89. The van der Waals surface area contributed by atoms with Gasteiger partial charge in [-0.3, -0.25) is 4.79 Å². The molecule has 39 heavy (non-hydrogen) atoms. The number of nitrogens with one attached hydrogen (secondary N) is 1. The minimum Gasteiger partial charge on any atom is -0.497 e. The first kappa shape index (κ1) is 27.0. The van der Waals surface area contributed by atoms with Crippen molar-refractivity contribution in [3.05, 3.63) is 76.8 Å². The molecule has 0 atom stereocenters. The van der Waals surface area contributed by atoms with Crippen molar-refractivity contribution in [2.24, 2.45) is 5.92 Å². The first-order valence-corrected chi connectivity index (χ1v) is 14.6. The largest absolute Gasteiger partial charge is 0.497 e. The highest BCUT2D eigenvalue weighted by Gasteiger charge is 2.22. The van der Waals surface area contributed by atoms with Crippen molar-refractivity contribution in [2.45, 2.75) is 52.0 Å².